The first-order chi connectivity index (χ1) is 8.20. The van der Waals surface area contributed by atoms with Crippen LogP contribution < -0.4 is 4.52 Å². The van der Waals surface area contributed by atoms with E-state index in [0.717, 1.165) is 24.8 Å². The molecule has 0 N–H and O–H groups in total. The molecular weight excluding hydrogens is 241 g/mol. The minimum absolute atomic E-state index is 0.394. The number of halogens is 2. The first-order valence-electron chi connectivity index (χ1n) is 6.13. The molecule has 1 aromatic rings. The summed E-state index contributed by atoms with van der Waals surface area (Å²) < 4.78 is 29.5. The summed E-state index contributed by atoms with van der Waals surface area (Å²) in [6, 6.07) is 5.64. The molecule has 0 bridgehead atoms. The van der Waals surface area contributed by atoms with Gasteiger partial charge in [-0.05, 0) is 42.4 Å². The molecule has 0 atom stereocenters. The molecule has 1 aliphatic rings. The Balaban J connectivity index is 2.29. The molecule has 1 saturated carbocycles. The van der Waals surface area contributed by atoms with Crippen LogP contribution in [0.1, 0.15) is 49.7 Å². The maximum absolute atomic E-state index is 12.4. The third-order valence-corrected chi connectivity index (χ3v) is 3.78. The van der Waals surface area contributed by atoms with Crippen LogP contribution in [0.2, 0.25) is 0 Å². The van der Waals surface area contributed by atoms with Crippen LogP contribution in [-0.4, -0.2) is 0 Å². The van der Waals surface area contributed by atoms with E-state index in [1.807, 2.05) is 12.1 Å². The fraction of sp³-hybridized carbons (Fsp3) is 0.538. The number of hydrogen-bond acceptors (Lipinski definition) is 1. The number of benzene rings is 1. The number of aryl methyl sites for hydroxylation is 1. The van der Waals surface area contributed by atoms with Crippen molar-refractivity contribution in [2.75, 3.05) is 0 Å². The zero-order chi connectivity index (χ0) is 12.3. The Morgan fingerprint density at radius 2 is 2.00 bits per heavy atom. The lowest BCUT2D eigenvalue weighted by molar-refractivity contribution is 0.496. The Labute approximate surface area is 102 Å². The molecule has 0 heterocycles. The Morgan fingerprint density at radius 1 is 1.29 bits per heavy atom. The average Bonchev–Trinajstić information content (AvgIpc) is 2.82. The number of hydrogen-bond donors (Lipinski definition) is 0. The highest BCUT2D eigenvalue weighted by Crippen LogP contribution is 2.46. The molecule has 1 fully saturated rings. The normalized spacial score (nSPS) is 16.7. The standard InChI is InChI=1S/C13H17F2OP/c1-2-10-7-8-13(16-17(14)15)12(9-10)11-5-3-4-6-11/h7-9,11H,2-6H2,1H3. The summed E-state index contributed by atoms with van der Waals surface area (Å²) in [5.41, 5.74) is 2.19. The minimum Gasteiger partial charge on any atom is -0.420 e. The van der Waals surface area contributed by atoms with E-state index in [1.165, 1.54) is 18.4 Å². The Kier molecular flexibility index (Phi) is 4.33. The van der Waals surface area contributed by atoms with E-state index in [4.69, 9.17) is 0 Å². The summed E-state index contributed by atoms with van der Waals surface area (Å²) in [5.74, 6) is 0.802. The fourth-order valence-corrected chi connectivity index (χ4v) is 2.85. The predicted octanol–water partition coefficient (Wildman–Crippen LogP) is 5.45. The molecule has 0 saturated heterocycles. The summed E-state index contributed by atoms with van der Waals surface area (Å²) in [6.07, 6.45) is 5.51. The van der Waals surface area contributed by atoms with Crippen LogP contribution in [-0.2, 0) is 6.42 Å². The van der Waals surface area contributed by atoms with Crippen molar-refractivity contribution in [3.8, 4) is 5.75 Å². The van der Waals surface area contributed by atoms with Gasteiger partial charge in [0.25, 0.3) is 0 Å². The van der Waals surface area contributed by atoms with Gasteiger partial charge in [-0.3, -0.25) is 0 Å². The summed E-state index contributed by atoms with van der Waals surface area (Å²) >= 11 is 0. The second-order valence-electron chi connectivity index (χ2n) is 4.50. The molecule has 0 aliphatic heterocycles. The van der Waals surface area contributed by atoms with E-state index in [1.54, 1.807) is 6.07 Å². The summed E-state index contributed by atoms with van der Waals surface area (Å²) in [5, 5.41) is 0. The van der Waals surface area contributed by atoms with Gasteiger partial charge >= 0.3 is 8.77 Å². The van der Waals surface area contributed by atoms with Crippen molar-refractivity contribution in [1.82, 2.24) is 0 Å². The molecule has 4 heteroatoms. The topological polar surface area (TPSA) is 9.23 Å². The SMILES string of the molecule is CCc1ccc(OP(F)F)c(C2CCCC2)c1. The lowest BCUT2D eigenvalue weighted by Crippen LogP contribution is -1.97. The maximum Gasteiger partial charge on any atom is 0.481 e. The lowest BCUT2D eigenvalue weighted by atomic mass is 9.94. The van der Waals surface area contributed by atoms with Gasteiger partial charge in [0, 0.05) is 0 Å². The highest BCUT2D eigenvalue weighted by atomic mass is 31.2. The van der Waals surface area contributed by atoms with E-state index >= 15 is 0 Å². The summed E-state index contributed by atoms with van der Waals surface area (Å²) in [7, 11) is -3.32. The lowest BCUT2D eigenvalue weighted by Gasteiger charge is -2.16. The van der Waals surface area contributed by atoms with Crippen LogP contribution in [0.5, 0.6) is 5.75 Å². The van der Waals surface area contributed by atoms with Crippen molar-refractivity contribution >= 4 is 8.77 Å². The van der Waals surface area contributed by atoms with Crippen molar-refractivity contribution in [3.63, 3.8) is 0 Å². The highest BCUT2D eigenvalue weighted by Gasteiger charge is 2.22. The number of rotatable bonds is 4. The van der Waals surface area contributed by atoms with Crippen LogP contribution in [0.15, 0.2) is 18.2 Å². The van der Waals surface area contributed by atoms with Gasteiger partial charge < -0.3 is 4.52 Å². The van der Waals surface area contributed by atoms with E-state index in [0.29, 0.717) is 11.7 Å². The summed E-state index contributed by atoms with van der Waals surface area (Å²) in [4.78, 5) is 0. The van der Waals surface area contributed by atoms with Crippen molar-refractivity contribution < 1.29 is 12.9 Å². The first-order valence-corrected chi connectivity index (χ1v) is 7.17. The van der Waals surface area contributed by atoms with Gasteiger partial charge in [0.05, 0.1) is 0 Å². The molecule has 17 heavy (non-hydrogen) atoms. The largest absolute Gasteiger partial charge is 0.481 e. The van der Waals surface area contributed by atoms with E-state index in [2.05, 4.69) is 11.4 Å². The zero-order valence-corrected chi connectivity index (χ0v) is 10.9. The Morgan fingerprint density at radius 3 is 2.59 bits per heavy atom. The minimum atomic E-state index is -3.32. The van der Waals surface area contributed by atoms with Crippen molar-refractivity contribution in [2.24, 2.45) is 0 Å². The zero-order valence-electron chi connectivity index (χ0n) is 9.96. The molecule has 0 amide bonds. The van der Waals surface area contributed by atoms with Crippen LogP contribution in [0.3, 0.4) is 0 Å². The molecule has 94 valence electrons. The van der Waals surface area contributed by atoms with Gasteiger partial charge in [-0.1, -0.05) is 31.9 Å². The molecule has 0 radical (unpaired) electrons. The van der Waals surface area contributed by atoms with Crippen molar-refractivity contribution in [1.29, 1.82) is 0 Å². The molecule has 0 aromatic heterocycles. The molecule has 1 aliphatic carbocycles. The Bertz CT molecular complexity index is 376. The quantitative estimate of drug-likeness (QED) is 0.652. The molecular formula is C13H17F2OP. The predicted molar refractivity (Wildman–Crippen MR) is 66.8 cm³/mol. The van der Waals surface area contributed by atoms with Gasteiger partial charge in [0.1, 0.15) is 5.75 Å². The second-order valence-corrected chi connectivity index (χ2v) is 5.09. The molecule has 0 spiro atoms. The first kappa shape index (κ1) is 12.8. The molecule has 1 aromatic carbocycles. The smallest absolute Gasteiger partial charge is 0.420 e. The van der Waals surface area contributed by atoms with E-state index in [-0.39, 0.29) is 0 Å². The third kappa shape index (κ3) is 3.16. The van der Waals surface area contributed by atoms with Crippen molar-refractivity contribution in [3.05, 3.63) is 29.3 Å². The van der Waals surface area contributed by atoms with Gasteiger partial charge in [0.2, 0.25) is 0 Å². The van der Waals surface area contributed by atoms with Crippen LogP contribution in [0.4, 0.5) is 8.39 Å². The Hall–Kier alpha value is -0.690. The van der Waals surface area contributed by atoms with Crippen molar-refractivity contribution in [2.45, 2.75) is 44.9 Å². The average molecular weight is 258 g/mol. The van der Waals surface area contributed by atoms with Gasteiger partial charge in [-0.25, -0.2) is 0 Å². The highest BCUT2D eigenvalue weighted by molar-refractivity contribution is 7.41. The van der Waals surface area contributed by atoms with Crippen LogP contribution >= 0.6 is 8.77 Å². The maximum atomic E-state index is 12.4. The van der Waals surface area contributed by atoms with Crippen LogP contribution in [0.25, 0.3) is 0 Å². The molecule has 0 unspecified atom stereocenters. The van der Waals surface area contributed by atoms with E-state index in [9.17, 15) is 8.39 Å². The van der Waals surface area contributed by atoms with E-state index < -0.39 is 8.77 Å². The summed E-state index contributed by atoms with van der Waals surface area (Å²) in [6.45, 7) is 2.07. The van der Waals surface area contributed by atoms with Gasteiger partial charge in [0.15, 0.2) is 0 Å². The molecule has 1 nitrogen and oxygen atoms in total. The van der Waals surface area contributed by atoms with Gasteiger partial charge in [-0.15, -0.1) is 8.39 Å². The fourth-order valence-electron chi connectivity index (χ4n) is 2.53. The van der Waals surface area contributed by atoms with Gasteiger partial charge in [-0.2, -0.15) is 0 Å². The monoisotopic (exact) mass is 258 g/mol. The second kappa shape index (κ2) is 5.77. The molecule has 2 rings (SSSR count). The van der Waals surface area contributed by atoms with Crippen LogP contribution in [0, 0.1) is 0 Å². The third-order valence-electron chi connectivity index (χ3n) is 3.44.